The molecule has 1 aliphatic rings. The molecule has 0 aromatic rings. The fraction of sp³-hybridized carbons (Fsp3) is 0.947. The standard InChI is InChI=1S/C19H37NO11/c1-12(23)9-29-11-15-17(27)18(13(2)19(28)31-15)30-10-14(24)7-20(3-5-21,4-6-22)8-16(25)26/h12-15,17-19,21-24,27-28H,3-11H2,1-2H3. The quantitative estimate of drug-likeness (QED) is 0.130. The van der Waals surface area contributed by atoms with Crippen molar-refractivity contribution >= 4 is 5.97 Å². The van der Waals surface area contributed by atoms with Crippen LogP contribution in [0.2, 0.25) is 0 Å². The van der Waals surface area contributed by atoms with Gasteiger partial charge in [-0.25, -0.2) is 0 Å². The van der Waals surface area contributed by atoms with E-state index < -0.39 is 55.2 Å². The van der Waals surface area contributed by atoms with Gasteiger partial charge >= 0.3 is 0 Å². The zero-order valence-corrected chi connectivity index (χ0v) is 18.1. The molecule has 7 unspecified atom stereocenters. The van der Waals surface area contributed by atoms with Gasteiger partial charge in [-0.15, -0.1) is 0 Å². The predicted octanol–water partition coefficient (Wildman–Crippen LogP) is -4.60. The van der Waals surface area contributed by atoms with Crippen LogP contribution in [-0.2, 0) is 19.0 Å². The lowest BCUT2D eigenvalue weighted by atomic mass is 9.92. The summed E-state index contributed by atoms with van der Waals surface area (Å²) in [5.74, 6) is -2.01. The molecule has 0 bridgehead atoms. The molecule has 12 heteroatoms. The molecule has 1 fully saturated rings. The lowest BCUT2D eigenvalue weighted by Gasteiger charge is -2.42. The van der Waals surface area contributed by atoms with Crippen molar-refractivity contribution in [3.63, 3.8) is 0 Å². The van der Waals surface area contributed by atoms with E-state index in [1.54, 1.807) is 6.92 Å². The molecule has 0 aromatic heterocycles. The van der Waals surface area contributed by atoms with Crippen molar-refractivity contribution in [3.8, 4) is 0 Å². The highest BCUT2D eigenvalue weighted by atomic mass is 16.6. The Hall–Kier alpha value is -0.930. The third-order valence-corrected chi connectivity index (χ3v) is 5.33. The van der Waals surface area contributed by atoms with Gasteiger partial charge in [0, 0.05) is 5.92 Å². The van der Waals surface area contributed by atoms with Gasteiger partial charge in [0.2, 0.25) is 0 Å². The Balaban J connectivity index is 2.74. The molecule has 1 saturated heterocycles. The summed E-state index contributed by atoms with van der Waals surface area (Å²) in [4.78, 5) is 11.1. The van der Waals surface area contributed by atoms with Gasteiger partial charge in [0.15, 0.2) is 6.29 Å². The molecule has 1 aliphatic heterocycles. The van der Waals surface area contributed by atoms with Crippen LogP contribution in [0.25, 0.3) is 0 Å². The van der Waals surface area contributed by atoms with E-state index in [-0.39, 0.29) is 57.2 Å². The molecule has 1 rings (SSSR count). The number of quaternary nitrogens is 1. The summed E-state index contributed by atoms with van der Waals surface area (Å²) < 4.78 is 16.0. The average molecular weight is 456 g/mol. The maximum Gasteiger partial charge on any atom is 0.160 e. The molecule has 0 saturated carbocycles. The Labute approximate surface area is 181 Å². The number of carbonyl (C=O) groups is 1. The van der Waals surface area contributed by atoms with Crippen molar-refractivity contribution in [2.45, 2.75) is 50.7 Å². The zero-order valence-electron chi connectivity index (χ0n) is 18.1. The number of aliphatic carboxylic acids is 1. The van der Waals surface area contributed by atoms with Crippen molar-refractivity contribution < 1.29 is 59.2 Å². The summed E-state index contributed by atoms with van der Waals surface area (Å²) in [5.41, 5.74) is 0. The third-order valence-electron chi connectivity index (χ3n) is 5.33. The van der Waals surface area contributed by atoms with Crippen LogP contribution in [0.4, 0.5) is 0 Å². The van der Waals surface area contributed by atoms with E-state index >= 15 is 0 Å². The number of carboxylic acids is 1. The van der Waals surface area contributed by atoms with Gasteiger partial charge in [-0.3, -0.25) is 0 Å². The Morgan fingerprint density at radius 3 is 2.29 bits per heavy atom. The van der Waals surface area contributed by atoms with Crippen molar-refractivity contribution in [1.29, 1.82) is 0 Å². The summed E-state index contributed by atoms with van der Waals surface area (Å²) in [6.07, 6.45) is -6.13. The Bertz CT molecular complexity index is 515. The van der Waals surface area contributed by atoms with Crippen LogP contribution >= 0.6 is 0 Å². The number of carbonyl (C=O) groups excluding carboxylic acids is 1. The average Bonchev–Trinajstić information content (AvgIpc) is 2.65. The number of rotatable bonds is 15. The van der Waals surface area contributed by atoms with Crippen LogP contribution in [0, 0.1) is 5.92 Å². The first-order chi connectivity index (χ1) is 14.5. The highest BCUT2D eigenvalue weighted by Crippen LogP contribution is 2.27. The summed E-state index contributed by atoms with van der Waals surface area (Å²) in [5, 5.41) is 70.1. The third kappa shape index (κ3) is 9.22. The van der Waals surface area contributed by atoms with E-state index in [1.165, 1.54) is 6.92 Å². The van der Waals surface area contributed by atoms with Crippen LogP contribution in [0.3, 0.4) is 0 Å². The highest BCUT2D eigenvalue weighted by molar-refractivity contribution is 5.65. The van der Waals surface area contributed by atoms with Gasteiger partial charge in [-0.2, -0.15) is 0 Å². The molecule has 6 N–H and O–H groups in total. The number of hydrogen-bond acceptors (Lipinski definition) is 11. The monoisotopic (exact) mass is 455 g/mol. The Morgan fingerprint density at radius 2 is 1.77 bits per heavy atom. The van der Waals surface area contributed by atoms with E-state index in [0.29, 0.717) is 0 Å². The number of aliphatic hydroxyl groups excluding tert-OH is 6. The van der Waals surface area contributed by atoms with E-state index in [2.05, 4.69) is 0 Å². The number of ether oxygens (including phenoxy) is 3. The molecule has 12 nitrogen and oxygen atoms in total. The van der Waals surface area contributed by atoms with E-state index in [9.17, 15) is 40.5 Å². The summed E-state index contributed by atoms with van der Waals surface area (Å²) >= 11 is 0. The first kappa shape index (κ1) is 28.1. The maximum absolute atomic E-state index is 11.1. The second-order valence-corrected chi connectivity index (χ2v) is 8.20. The van der Waals surface area contributed by atoms with Crippen molar-refractivity contribution in [3.05, 3.63) is 0 Å². The van der Waals surface area contributed by atoms with Gasteiger partial charge < -0.3 is 59.2 Å². The topological polar surface area (TPSA) is 189 Å². The van der Waals surface area contributed by atoms with Gasteiger partial charge in [0.05, 0.1) is 51.2 Å². The highest BCUT2D eigenvalue weighted by Gasteiger charge is 2.43. The molecular weight excluding hydrogens is 418 g/mol. The van der Waals surface area contributed by atoms with Crippen molar-refractivity contribution in [1.82, 2.24) is 0 Å². The largest absolute Gasteiger partial charge is 0.544 e. The summed E-state index contributed by atoms with van der Waals surface area (Å²) in [6.45, 7) is 1.43. The first-order valence-corrected chi connectivity index (χ1v) is 10.4. The van der Waals surface area contributed by atoms with Gasteiger partial charge in [0.1, 0.15) is 44.5 Å². The molecule has 0 spiro atoms. The Morgan fingerprint density at radius 1 is 1.16 bits per heavy atom. The molecule has 1 heterocycles. The van der Waals surface area contributed by atoms with E-state index in [0.717, 1.165) is 0 Å². The number of carboxylic acid groups (broad SMARTS) is 1. The molecular formula is C19H37NO11. The molecule has 184 valence electrons. The van der Waals surface area contributed by atoms with E-state index in [4.69, 9.17) is 14.2 Å². The number of aliphatic hydroxyl groups is 6. The zero-order chi connectivity index (χ0) is 23.6. The second-order valence-electron chi connectivity index (χ2n) is 8.20. The minimum Gasteiger partial charge on any atom is -0.544 e. The Kier molecular flexibility index (Phi) is 12.3. The fourth-order valence-corrected chi connectivity index (χ4v) is 3.75. The number of nitrogens with zero attached hydrogens (tertiary/aromatic N) is 1. The van der Waals surface area contributed by atoms with Crippen LogP contribution in [0.5, 0.6) is 0 Å². The van der Waals surface area contributed by atoms with E-state index in [1.807, 2.05) is 0 Å². The van der Waals surface area contributed by atoms with Crippen molar-refractivity contribution in [2.75, 3.05) is 59.2 Å². The molecule has 31 heavy (non-hydrogen) atoms. The first-order valence-electron chi connectivity index (χ1n) is 10.4. The smallest absolute Gasteiger partial charge is 0.160 e. The van der Waals surface area contributed by atoms with Gasteiger partial charge in [-0.1, -0.05) is 6.92 Å². The molecule has 0 amide bonds. The van der Waals surface area contributed by atoms with Crippen molar-refractivity contribution in [2.24, 2.45) is 5.92 Å². The van der Waals surface area contributed by atoms with Crippen LogP contribution in [0.15, 0.2) is 0 Å². The predicted molar refractivity (Wildman–Crippen MR) is 103 cm³/mol. The molecule has 0 aromatic carbocycles. The van der Waals surface area contributed by atoms with Crippen LogP contribution < -0.4 is 5.11 Å². The van der Waals surface area contributed by atoms with Crippen LogP contribution in [0.1, 0.15) is 13.8 Å². The normalized spacial score (nSPS) is 29.0. The number of hydrogen-bond donors (Lipinski definition) is 6. The van der Waals surface area contributed by atoms with Gasteiger partial charge in [-0.05, 0) is 6.92 Å². The lowest BCUT2D eigenvalue weighted by Crippen LogP contribution is -2.60. The summed E-state index contributed by atoms with van der Waals surface area (Å²) in [6, 6.07) is 0. The molecule has 7 atom stereocenters. The van der Waals surface area contributed by atoms with Gasteiger partial charge in [0.25, 0.3) is 0 Å². The molecule has 0 aliphatic carbocycles. The lowest BCUT2D eigenvalue weighted by molar-refractivity contribution is -0.926. The maximum atomic E-state index is 11.1. The minimum absolute atomic E-state index is 0.0106. The second kappa shape index (κ2) is 13.6. The van der Waals surface area contributed by atoms with Crippen LogP contribution in [-0.4, -0.2) is 137 Å². The SMILES string of the molecule is CC(O)COCC1OC(O)C(C)C(OCC(O)C[N+](CCO)(CCO)CC(=O)[O-])C1O. The molecule has 0 radical (unpaired) electrons. The fourth-order valence-electron chi connectivity index (χ4n) is 3.75. The summed E-state index contributed by atoms with van der Waals surface area (Å²) in [7, 11) is 0. The minimum atomic E-state index is -1.38.